The highest BCUT2D eigenvalue weighted by atomic mass is 32.2. The second kappa shape index (κ2) is 11.4. The molecular weight excluding hydrogens is 471 g/mol. The Morgan fingerprint density at radius 3 is 2.40 bits per heavy atom. The first-order valence-corrected chi connectivity index (χ1v) is 13.4. The number of halogens is 1. The fourth-order valence-electron chi connectivity index (χ4n) is 4.61. The van der Waals surface area contributed by atoms with E-state index in [2.05, 4.69) is 16.9 Å². The minimum atomic E-state index is -3.94. The summed E-state index contributed by atoms with van der Waals surface area (Å²) < 4.78 is 46.7. The molecule has 4 rings (SSSR count). The third-order valence-electron chi connectivity index (χ3n) is 6.59. The molecule has 9 heteroatoms. The van der Waals surface area contributed by atoms with E-state index in [4.69, 9.17) is 4.74 Å². The molecule has 2 aliphatic heterocycles. The molecule has 1 fully saturated rings. The van der Waals surface area contributed by atoms with Gasteiger partial charge in [0.1, 0.15) is 11.9 Å². The van der Waals surface area contributed by atoms with Gasteiger partial charge in [-0.2, -0.15) is 0 Å². The SMILES string of the molecule is O=C(C[C@@H]1C=C[C@H](NS(=O)(=O)c2ccc(F)cc2)[C@@H](CO)O1)N1CCC(Cc2ccccc2)CC1. The lowest BCUT2D eigenvalue weighted by Gasteiger charge is -2.35. The fraction of sp³-hybridized carbons (Fsp3) is 0.423. The average Bonchev–Trinajstić information content (AvgIpc) is 2.86. The number of benzene rings is 2. The van der Waals surface area contributed by atoms with Gasteiger partial charge in [-0.3, -0.25) is 4.79 Å². The van der Waals surface area contributed by atoms with Crippen molar-refractivity contribution >= 4 is 15.9 Å². The van der Waals surface area contributed by atoms with Gasteiger partial charge in [-0.25, -0.2) is 17.5 Å². The van der Waals surface area contributed by atoms with Gasteiger partial charge in [-0.1, -0.05) is 42.5 Å². The van der Waals surface area contributed by atoms with Crippen molar-refractivity contribution < 1.29 is 27.4 Å². The molecule has 2 aromatic rings. The van der Waals surface area contributed by atoms with Gasteiger partial charge in [-0.05, 0) is 55.0 Å². The summed E-state index contributed by atoms with van der Waals surface area (Å²) >= 11 is 0. The highest BCUT2D eigenvalue weighted by Gasteiger charge is 2.32. The third kappa shape index (κ3) is 6.76. The second-order valence-electron chi connectivity index (χ2n) is 9.10. The Labute approximate surface area is 205 Å². The fourth-order valence-corrected chi connectivity index (χ4v) is 5.83. The van der Waals surface area contributed by atoms with Crippen LogP contribution in [0.15, 0.2) is 71.6 Å². The van der Waals surface area contributed by atoms with E-state index in [9.17, 15) is 22.7 Å². The summed E-state index contributed by atoms with van der Waals surface area (Å²) in [4.78, 5) is 14.6. The van der Waals surface area contributed by atoms with Gasteiger partial charge < -0.3 is 14.7 Å². The number of nitrogens with zero attached hydrogens (tertiary/aromatic N) is 1. The zero-order valence-corrected chi connectivity index (χ0v) is 20.2. The van der Waals surface area contributed by atoms with Gasteiger partial charge in [0, 0.05) is 13.1 Å². The second-order valence-corrected chi connectivity index (χ2v) is 10.8. The maximum Gasteiger partial charge on any atom is 0.241 e. The van der Waals surface area contributed by atoms with Gasteiger partial charge in [0.25, 0.3) is 0 Å². The molecule has 2 aliphatic rings. The molecule has 0 bridgehead atoms. The minimum absolute atomic E-state index is 0.0140. The van der Waals surface area contributed by atoms with Crippen molar-refractivity contribution in [1.82, 2.24) is 9.62 Å². The van der Waals surface area contributed by atoms with Crippen molar-refractivity contribution in [2.45, 2.75) is 48.8 Å². The lowest BCUT2D eigenvalue weighted by Crippen LogP contribution is -2.49. The number of carbonyl (C=O) groups is 1. The molecule has 0 aliphatic carbocycles. The van der Waals surface area contributed by atoms with Crippen LogP contribution in [0.3, 0.4) is 0 Å². The minimum Gasteiger partial charge on any atom is -0.394 e. The van der Waals surface area contributed by atoms with Gasteiger partial charge in [0.2, 0.25) is 15.9 Å². The van der Waals surface area contributed by atoms with Crippen LogP contribution in [0.1, 0.15) is 24.8 Å². The average molecular weight is 503 g/mol. The Bertz CT molecular complexity index is 1120. The van der Waals surface area contributed by atoms with Crippen molar-refractivity contribution in [3.05, 3.63) is 78.1 Å². The molecule has 2 N–H and O–H groups in total. The van der Waals surface area contributed by atoms with Crippen LogP contribution < -0.4 is 4.72 Å². The van der Waals surface area contributed by atoms with E-state index in [-0.39, 0.29) is 17.2 Å². The number of rotatable bonds is 8. The number of aliphatic hydroxyl groups is 1. The van der Waals surface area contributed by atoms with Crippen molar-refractivity contribution in [3.63, 3.8) is 0 Å². The van der Waals surface area contributed by atoms with E-state index >= 15 is 0 Å². The first-order valence-electron chi connectivity index (χ1n) is 11.9. The Balaban J connectivity index is 1.29. The zero-order valence-electron chi connectivity index (χ0n) is 19.4. The topological polar surface area (TPSA) is 95.9 Å². The van der Waals surface area contributed by atoms with Crippen LogP contribution in [-0.4, -0.2) is 62.3 Å². The molecule has 2 heterocycles. The number of hydrogen-bond donors (Lipinski definition) is 2. The molecule has 1 amide bonds. The van der Waals surface area contributed by atoms with Crippen molar-refractivity contribution in [2.24, 2.45) is 5.92 Å². The number of amides is 1. The standard InChI is InChI=1S/C26H31FN2O5S/c27-21-6-9-23(10-7-21)35(32,33)28-24-11-8-22(34-25(24)18-30)17-26(31)29-14-12-20(13-15-29)16-19-4-2-1-3-5-19/h1-11,20,22,24-25,28,30H,12-18H2/t22-,24-,25+/m0/s1. The molecule has 2 aromatic carbocycles. The molecule has 35 heavy (non-hydrogen) atoms. The molecule has 0 radical (unpaired) electrons. The largest absolute Gasteiger partial charge is 0.394 e. The van der Waals surface area contributed by atoms with Gasteiger partial charge in [0.05, 0.1) is 30.1 Å². The highest BCUT2D eigenvalue weighted by Crippen LogP contribution is 2.24. The van der Waals surface area contributed by atoms with E-state index in [1.165, 1.54) is 17.7 Å². The number of hydrogen-bond acceptors (Lipinski definition) is 5. The van der Waals surface area contributed by atoms with E-state index in [1.807, 2.05) is 23.1 Å². The lowest BCUT2D eigenvalue weighted by molar-refractivity contribution is -0.136. The Kier molecular flexibility index (Phi) is 8.33. The summed E-state index contributed by atoms with van der Waals surface area (Å²) in [6.07, 6.45) is 4.93. The number of carbonyl (C=O) groups excluding carboxylic acids is 1. The first-order chi connectivity index (χ1) is 16.8. The van der Waals surface area contributed by atoms with Crippen molar-refractivity contribution in [2.75, 3.05) is 19.7 Å². The molecule has 1 saturated heterocycles. The molecular formula is C26H31FN2O5S. The predicted molar refractivity (Wildman–Crippen MR) is 129 cm³/mol. The number of nitrogens with one attached hydrogen (secondary N) is 1. The predicted octanol–water partition coefficient (Wildman–Crippen LogP) is 2.66. The van der Waals surface area contributed by atoms with E-state index < -0.39 is 40.7 Å². The maximum atomic E-state index is 13.1. The molecule has 0 unspecified atom stereocenters. The number of ether oxygens (including phenoxy) is 1. The van der Waals surface area contributed by atoms with E-state index in [0.29, 0.717) is 19.0 Å². The molecule has 0 saturated carbocycles. The van der Waals surface area contributed by atoms with Gasteiger partial charge >= 0.3 is 0 Å². The first kappa shape index (κ1) is 25.5. The van der Waals surface area contributed by atoms with E-state index in [1.54, 1.807) is 12.2 Å². The van der Waals surface area contributed by atoms with Crippen LogP contribution in [0.25, 0.3) is 0 Å². The third-order valence-corrected chi connectivity index (χ3v) is 8.06. The zero-order chi connectivity index (χ0) is 24.8. The highest BCUT2D eigenvalue weighted by molar-refractivity contribution is 7.89. The van der Waals surface area contributed by atoms with Crippen molar-refractivity contribution in [3.8, 4) is 0 Å². The molecule has 0 aromatic heterocycles. The Morgan fingerprint density at radius 1 is 1.06 bits per heavy atom. The van der Waals surface area contributed by atoms with Crippen molar-refractivity contribution in [1.29, 1.82) is 0 Å². The summed E-state index contributed by atoms with van der Waals surface area (Å²) in [6.45, 7) is 0.989. The summed E-state index contributed by atoms with van der Waals surface area (Å²) in [5.74, 6) is 0.00629. The molecule has 7 nitrogen and oxygen atoms in total. The van der Waals surface area contributed by atoms with E-state index in [0.717, 1.165) is 31.4 Å². The summed E-state index contributed by atoms with van der Waals surface area (Å²) in [6, 6.07) is 14.0. The van der Waals surface area contributed by atoms with Crippen LogP contribution in [0.5, 0.6) is 0 Å². The number of likely N-dealkylation sites (tertiary alicyclic amines) is 1. The van der Waals surface area contributed by atoms with Crippen LogP contribution >= 0.6 is 0 Å². The van der Waals surface area contributed by atoms with Crippen LogP contribution in [-0.2, 0) is 26.0 Å². The van der Waals surface area contributed by atoms with Crippen LogP contribution in [0.4, 0.5) is 4.39 Å². The Hall–Kier alpha value is -2.59. The van der Waals surface area contributed by atoms with Gasteiger partial charge in [-0.15, -0.1) is 0 Å². The van der Waals surface area contributed by atoms with Crippen LogP contribution in [0, 0.1) is 11.7 Å². The Morgan fingerprint density at radius 2 is 1.74 bits per heavy atom. The van der Waals surface area contributed by atoms with Crippen LogP contribution in [0.2, 0.25) is 0 Å². The molecule has 0 spiro atoms. The van der Waals surface area contributed by atoms with Gasteiger partial charge in [0.15, 0.2) is 0 Å². The number of sulfonamides is 1. The number of aliphatic hydroxyl groups excluding tert-OH is 1. The quantitative estimate of drug-likeness (QED) is 0.541. The monoisotopic (exact) mass is 502 g/mol. The molecule has 188 valence electrons. The number of piperidine rings is 1. The lowest BCUT2D eigenvalue weighted by atomic mass is 9.90. The summed E-state index contributed by atoms with van der Waals surface area (Å²) in [5, 5.41) is 9.78. The molecule has 3 atom stereocenters. The smallest absolute Gasteiger partial charge is 0.241 e. The summed E-state index contributed by atoms with van der Waals surface area (Å²) in [7, 11) is -3.94. The normalized spacial score (nSPS) is 23.4. The maximum absolute atomic E-state index is 13.1. The summed E-state index contributed by atoms with van der Waals surface area (Å²) in [5.41, 5.74) is 1.32.